The third-order valence-corrected chi connectivity index (χ3v) is 4.88. The number of benzene rings is 1. The lowest BCUT2D eigenvalue weighted by Crippen LogP contribution is -2.45. The molecule has 2 nitrogen and oxygen atoms in total. The summed E-state index contributed by atoms with van der Waals surface area (Å²) in [6.45, 7) is 3.01. The molecule has 24 heavy (non-hydrogen) atoms. The molecule has 0 amide bonds. The summed E-state index contributed by atoms with van der Waals surface area (Å²) < 4.78 is 52.7. The normalized spacial score (nSPS) is 17.3. The summed E-state index contributed by atoms with van der Waals surface area (Å²) in [5, 5.41) is 5.12. The first-order valence-electron chi connectivity index (χ1n) is 7.31. The Morgan fingerprint density at radius 2 is 1.83 bits per heavy atom. The Hall–Kier alpha value is -1.15. The quantitative estimate of drug-likeness (QED) is 0.798. The van der Waals surface area contributed by atoms with Gasteiger partial charge >= 0.3 is 6.18 Å². The Balaban J connectivity index is 0.00000208. The topological polar surface area (TPSA) is 15.3 Å². The highest BCUT2D eigenvalue weighted by Crippen LogP contribution is 2.36. The molecular weight excluding hydrogens is 364 g/mol. The minimum Gasteiger partial charge on any atom is -0.314 e. The van der Waals surface area contributed by atoms with Gasteiger partial charge in [-0.2, -0.15) is 13.2 Å². The van der Waals surface area contributed by atoms with Crippen molar-refractivity contribution in [3.05, 3.63) is 57.5 Å². The number of nitrogens with zero attached hydrogens (tertiary/aromatic N) is 1. The Labute approximate surface area is 147 Å². The van der Waals surface area contributed by atoms with Crippen molar-refractivity contribution in [2.75, 3.05) is 26.2 Å². The van der Waals surface area contributed by atoms with E-state index in [0.717, 1.165) is 37.1 Å². The van der Waals surface area contributed by atoms with Gasteiger partial charge in [0.2, 0.25) is 0 Å². The molecule has 1 atom stereocenters. The van der Waals surface area contributed by atoms with E-state index in [0.29, 0.717) is 11.6 Å². The van der Waals surface area contributed by atoms with E-state index in [9.17, 15) is 17.6 Å². The predicted octanol–water partition coefficient (Wildman–Crippen LogP) is 4.32. The van der Waals surface area contributed by atoms with Crippen LogP contribution in [0.15, 0.2) is 35.7 Å². The zero-order valence-corrected chi connectivity index (χ0v) is 14.3. The summed E-state index contributed by atoms with van der Waals surface area (Å²) >= 11 is 1.49. The maximum atomic E-state index is 14.4. The molecular formula is C16H17ClF4N2S. The van der Waals surface area contributed by atoms with E-state index >= 15 is 0 Å². The van der Waals surface area contributed by atoms with Gasteiger partial charge in [-0.3, -0.25) is 4.90 Å². The van der Waals surface area contributed by atoms with Gasteiger partial charge in [0.15, 0.2) is 0 Å². The second-order valence-corrected chi connectivity index (χ2v) is 6.42. The fraction of sp³-hybridized carbons (Fsp3) is 0.375. The average molecular weight is 381 g/mol. The van der Waals surface area contributed by atoms with E-state index in [-0.39, 0.29) is 18.4 Å². The zero-order chi connectivity index (χ0) is 16.4. The van der Waals surface area contributed by atoms with Crippen molar-refractivity contribution in [2.24, 2.45) is 0 Å². The fourth-order valence-electron chi connectivity index (χ4n) is 2.84. The molecule has 1 aromatic carbocycles. The number of halogens is 5. The number of rotatable bonds is 3. The smallest absolute Gasteiger partial charge is 0.314 e. The maximum absolute atomic E-state index is 14.4. The Kier molecular flexibility index (Phi) is 6.25. The zero-order valence-electron chi connectivity index (χ0n) is 12.6. The van der Waals surface area contributed by atoms with Gasteiger partial charge in [-0.1, -0.05) is 12.1 Å². The standard InChI is InChI=1S/C16H16F4N2S.ClH/c17-13-10-11(16(18,19)20)3-4-12(13)15(14-2-1-9-23-14)22-7-5-21-6-8-22;/h1-4,9-10,15,21H,5-8H2;1H/t15-;/m1./s1. The monoisotopic (exact) mass is 380 g/mol. The summed E-state index contributed by atoms with van der Waals surface area (Å²) in [4.78, 5) is 3.04. The van der Waals surface area contributed by atoms with Gasteiger partial charge in [0, 0.05) is 36.6 Å². The first kappa shape index (κ1) is 19.2. The SMILES string of the molecule is Cl.Fc1cc(C(F)(F)F)ccc1[C@H](c1cccs1)N1CCNCC1. The van der Waals surface area contributed by atoms with E-state index in [4.69, 9.17) is 0 Å². The van der Waals surface area contributed by atoms with Crippen LogP contribution < -0.4 is 5.32 Å². The van der Waals surface area contributed by atoms with Crippen LogP contribution in [0.25, 0.3) is 0 Å². The lowest BCUT2D eigenvalue weighted by Gasteiger charge is -2.35. The van der Waals surface area contributed by atoms with Crippen molar-refractivity contribution in [3.8, 4) is 0 Å². The molecule has 2 heterocycles. The van der Waals surface area contributed by atoms with Crippen LogP contribution in [0.5, 0.6) is 0 Å². The summed E-state index contributed by atoms with van der Waals surface area (Å²) in [5.74, 6) is -0.809. The van der Waals surface area contributed by atoms with Crippen LogP contribution in [-0.2, 0) is 6.18 Å². The molecule has 0 aliphatic carbocycles. The lowest BCUT2D eigenvalue weighted by molar-refractivity contribution is -0.137. The third-order valence-electron chi connectivity index (χ3n) is 3.95. The van der Waals surface area contributed by atoms with Gasteiger partial charge in [-0.25, -0.2) is 4.39 Å². The fourth-order valence-corrected chi connectivity index (χ4v) is 3.72. The number of piperazine rings is 1. The molecule has 132 valence electrons. The molecule has 1 N–H and O–H groups in total. The minimum absolute atomic E-state index is 0. The van der Waals surface area contributed by atoms with E-state index < -0.39 is 17.6 Å². The van der Waals surface area contributed by atoms with Crippen molar-refractivity contribution in [1.82, 2.24) is 10.2 Å². The van der Waals surface area contributed by atoms with Crippen molar-refractivity contribution in [1.29, 1.82) is 0 Å². The Morgan fingerprint density at radius 1 is 1.12 bits per heavy atom. The van der Waals surface area contributed by atoms with Crippen molar-refractivity contribution < 1.29 is 17.6 Å². The number of alkyl halides is 3. The lowest BCUT2D eigenvalue weighted by atomic mass is 10.00. The maximum Gasteiger partial charge on any atom is 0.416 e. The van der Waals surface area contributed by atoms with Crippen LogP contribution in [0, 0.1) is 5.82 Å². The van der Waals surface area contributed by atoms with E-state index in [1.165, 1.54) is 17.4 Å². The second kappa shape index (κ2) is 7.82. The summed E-state index contributed by atoms with van der Waals surface area (Å²) in [6.07, 6.45) is -4.53. The number of thiophene rings is 1. The molecule has 0 radical (unpaired) electrons. The third kappa shape index (κ3) is 4.08. The summed E-state index contributed by atoms with van der Waals surface area (Å²) in [5.41, 5.74) is -0.661. The second-order valence-electron chi connectivity index (χ2n) is 5.44. The van der Waals surface area contributed by atoms with Gasteiger partial charge in [0.05, 0.1) is 11.6 Å². The number of hydrogen-bond donors (Lipinski definition) is 1. The van der Waals surface area contributed by atoms with Crippen LogP contribution in [-0.4, -0.2) is 31.1 Å². The summed E-state index contributed by atoms with van der Waals surface area (Å²) in [7, 11) is 0. The predicted molar refractivity (Wildman–Crippen MR) is 89.3 cm³/mol. The van der Waals surface area contributed by atoms with Crippen LogP contribution in [0.4, 0.5) is 17.6 Å². The molecule has 1 aromatic heterocycles. The first-order valence-corrected chi connectivity index (χ1v) is 8.19. The van der Waals surface area contributed by atoms with Gasteiger partial charge < -0.3 is 5.32 Å². The van der Waals surface area contributed by atoms with E-state index in [2.05, 4.69) is 10.2 Å². The highest BCUT2D eigenvalue weighted by Gasteiger charge is 2.33. The first-order chi connectivity index (χ1) is 11.0. The van der Waals surface area contributed by atoms with Gasteiger partial charge in [-0.05, 0) is 23.6 Å². The molecule has 0 unspecified atom stereocenters. The van der Waals surface area contributed by atoms with Crippen molar-refractivity contribution in [3.63, 3.8) is 0 Å². The molecule has 0 bridgehead atoms. The van der Waals surface area contributed by atoms with Gasteiger partial charge in [0.1, 0.15) is 5.82 Å². The van der Waals surface area contributed by atoms with Crippen LogP contribution in [0.3, 0.4) is 0 Å². The van der Waals surface area contributed by atoms with E-state index in [1.54, 1.807) is 0 Å². The molecule has 1 aliphatic rings. The van der Waals surface area contributed by atoms with Crippen molar-refractivity contribution >= 4 is 23.7 Å². The molecule has 1 fully saturated rings. The average Bonchev–Trinajstić information content (AvgIpc) is 3.03. The highest BCUT2D eigenvalue weighted by atomic mass is 35.5. The molecule has 1 aliphatic heterocycles. The van der Waals surface area contributed by atoms with Crippen LogP contribution in [0.2, 0.25) is 0 Å². The van der Waals surface area contributed by atoms with Crippen molar-refractivity contribution in [2.45, 2.75) is 12.2 Å². The summed E-state index contributed by atoms with van der Waals surface area (Å²) in [6, 6.07) is 6.25. The van der Waals surface area contributed by atoms with E-state index in [1.807, 2.05) is 17.5 Å². The molecule has 3 rings (SSSR count). The van der Waals surface area contributed by atoms with Gasteiger partial charge in [0.25, 0.3) is 0 Å². The Morgan fingerprint density at radius 3 is 2.38 bits per heavy atom. The Bertz CT molecular complexity index is 655. The highest BCUT2D eigenvalue weighted by molar-refractivity contribution is 7.10. The number of nitrogens with one attached hydrogen (secondary N) is 1. The molecule has 0 saturated carbocycles. The molecule has 2 aromatic rings. The molecule has 1 saturated heterocycles. The van der Waals surface area contributed by atoms with Crippen LogP contribution in [0.1, 0.15) is 22.0 Å². The van der Waals surface area contributed by atoms with Gasteiger partial charge in [-0.15, -0.1) is 23.7 Å². The van der Waals surface area contributed by atoms with Crippen LogP contribution >= 0.6 is 23.7 Å². The largest absolute Gasteiger partial charge is 0.416 e. The number of hydrogen-bond acceptors (Lipinski definition) is 3. The molecule has 0 spiro atoms. The molecule has 8 heteroatoms. The minimum atomic E-state index is -4.53.